The summed E-state index contributed by atoms with van der Waals surface area (Å²) in [4.78, 5) is 35.9. The molecule has 2 N–H and O–H groups in total. The average Bonchev–Trinajstić information content (AvgIpc) is 2.68. The van der Waals surface area contributed by atoms with Gasteiger partial charge < -0.3 is 15.4 Å². The predicted octanol–water partition coefficient (Wildman–Crippen LogP) is 3.37. The summed E-state index contributed by atoms with van der Waals surface area (Å²) in [5, 5.41) is 5.18. The van der Waals surface area contributed by atoms with Crippen molar-refractivity contribution in [3.8, 4) is 5.75 Å². The van der Waals surface area contributed by atoms with E-state index >= 15 is 0 Å². The summed E-state index contributed by atoms with van der Waals surface area (Å²) in [5.41, 5.74) is 1.46. The number of halogens is 2. The largest absolute Gasteiger partial charge is 0.483 e. The minimum Gasteiger partial charge on any atom is -0.483 e. The van der Waals surface area contributed by atoms with Crippen molar-refractivity contribution in [2.45, 2.75) is 26.2 Å². The molecule has 6 nitrogen and oxygen atoms in total. The van der Waals surface area contributed by atoms with E-state index in [0.29, 0.717) is 11.1 Å². The van der Waals surface area contributed by atoms with Gasteiger partial charge in [0.25, 0.3) is 5.91 Å². The molecular formula is C22H20F2N2O4. The Morgan fingerprint density at radius 3 is 2.70 bits per heavy atom. The van der Waals surface area contributed by atoms with Gasteiger partial charge >= 0.3 is 0 Å². The van der Waals surface area contributed by atoms with Gasteiger partial charge in [0.2, 0.25) is 5.91 Å². The Bertz CT molecular complexity index is 1050. The SMILES string of the molecule is CC(=O)COc1cc(NC(=O)C2=CNC(=O)C[C@H]2c2cccc(F)c2)c(C)cc1F. The van der Waals surface area contributed by atoms with Gasteiger partial charge in [0.15, 0.2) is 17.3 Å². The number of ether oxygens (including phenoxy) is 1. The summed E-state index contributed by atoms with van der Waals surface area (Å²) in [5.74, 6) is -3.03. The van der Waals surface area contributed by atoms with Crippen LogP contribution in [0.3, 0.4) is 0 Å². The van der Waals surface area contributed by atoms with E-state index in [1.165, 1.54) is 43.5 Å². The Kier molecular flexibility index (Phi) is 6.25. The zero-order valence-electron chi connectivity index (χ0n) is 16.4. The van der Waals surface area contributed by atoms with Gasteiger partial charge in [-0.05, 0) is 43.2 Å². The zero-order valence-corrected chi connectivity index (χ0v) is 16.4. The molecule has 0 saturated carbocycles. The van der Waals surface area contributed by atoms with Crippen LogP contribution in [0.1, 0.15) is 30.4 Å². The Hall–Kier alpha value is -3.55. The van der Waals surface area contributed by atoms with Gasteiger partial charge in [0, 0.05) is 35.9 Å². The Balaban J connectivity index is 1.87. The lowest BCUT2D eigenvalue weighted by atomic mass is 9.86. The third kappa shape index (κ3) is 4.89. The summed E-state index contributed by atoms with van der Waals surface area (Å²) in [6.07, 6.45) is 1.28. The fourth-order valence-electron chi connectivity index (χ4n) is 3.13. The molecule has 0 aliphatic carbocycles. The van der Waals surface area contributed by atoms with Gasteiger partial charge in [-0.2, -0.15) is 0 Å². The molecule has 0 bridgehead atoms. The molecule has 2 amide bonds. The summed E-state index contributed by atoms with van der Waals surface area (Å²) in [6, 6.07) is 8.19. The minimum atomic E-state index is -0.659. The van der Waals surface area contributed by atoms with Crippen molar-refractivity contribution in [1.29, 1.82) is 0 Å². The summed E-state index contributed by atoms with van der Waals surface area (Å²) < 4.78 is 32.9. The number of ketones is 1. The Morgan fingerprint density at radius 2 is 2.00 bits per heavy atom. The number of rotatable bonds is 6. The van der Waals surface area contributed by atoms with Crippen LogP contribution < -0.4 is 15.4 Å². The first kappa shape index (κ1) is 21.2. The van der Waals surface area contributed by atoms with Gasteiger partial charge in [-0.15, -0.1) is 0 Å². The fourth-order valence-corrected chi connectivity index (χ4v) is 3.13. The number of amides is 2. The second kappa shape index (κ2) is 8.86. The van der Waals surface area contributed by atoms with Crippen molar-refractivity contribution in [2.75, 3.05) is 11.9 Å². The molecule has 30 heavy (non-hydrogen) atoms. The highest BCUT2D eigenvalue weighted by Crippen LogP contribution is 2.32. The van der Waals surface area contributed by atoms with Crippen LogP contribution in [0.4, 0.5) is 14.5 Å². The maximum atomic E-state index is 14.1. The molecule has 156 valence electrons. The molecule has 1 heterocycles. The van der Waals surface area contributed by atoms with Crippen LogP contribution in [-0.4, -0.2) is 24.2 Å². The van der Waals surface area contributed by atoms with Crippen molar-refractivity contribution in [3.05, 3.63) is 70.9 Å². The van der Waals surface area contributed by atoms with Crippen molar-refractivity contribution >= 4 is 23.3 Å². The number of hydrogen-bond acceptors (Lipinski definition) is 4. The smallest absolute Gasteiger partial charge is 0.253 e. The van der Waals surface area contributed by atoms with E-state index < -0.39 is 23.5 Å². The maximum Gasteiger partial charge on any atom is 0.253 e. The molecule has 3 rings (SSSR count). The molecule has 1 aliphatic rings. The molecule has 1 aliphatic heterocycles. The summed E-state index contributed by atoms with van der Waals surface area (Å²) in [7, 11) is 0. The quantitative estimate of drug-likeness (QED) is 0.759. The van der Waals surface area contributed by atoms with Gasteiger partial charge in [-0.25, -0.2) is 8.78 Å². The van der Waals surface area contributed by atoms with E-state index in [0.717, 1.165) is 0 Å². The molecule has 0 unspecified atom stereocenters. The Morgan fingerprint density at radius 1 is 1.23 bits per heavy atom. The van der Waals surface area contributed by atoms with E-state index in [4.69, 9.17) is 4.74 Å². The average molecular weight is 414 g/mol. The molecule has 0 radical (unpaired) electrons. The van der Waals surface area contributed by atoms with E-state index in [9.17, 15) is 23.2 Å². The van der Waals surface area contributed by atoms with Gasteiger partial charge in [-0.3, -0.25) is 14.4 Å². The highest BCUT2D eigenvalue weighted by molar-refractivity contribution is 6.06. The highest BCUT2D eigenvalue weighted by Gasteiger charge is 2.29. The fraction of sp³-hybridized carbons (Fsp3) is 0.227. The monoisotopic (exact) mass is 414 g/mol. The normalized spacial score (nSPS) is 15.8. The molecule has 0 aromatic heterocycles. The first-order chi connectivity index (χ1) is 14.2. The topological polar surface area (TPSA) is 84.5 Å². The van der Waals surface area contributed by atoms with Crippen LogP contribution in [0.5, 0.6) is 5.75 Å². The molecule has 2 aromatic rings. The second-order valence-electron chi connectivity index (χ2n) is 7.02. The molecular weight excluding hydrogens is 394 g/mol. The number of carbonyl (C=O) groups excluding carboxylic acids is 3. The number of carbonyl (C=O) groups is 3. The first-order valence-corrected chi connectivity index (χ1v) is 9.23. The predicted molar refractivity (Wildman–Crippen MR) is 106 cm³/mol. The lowest BCUT2D eigenvalue weighted by Crippen LogP contribution is -2.32. The third-order valence-electron chi connectivity index (χ3n) is 4.62. The first-order valence-electron chi connectivity index (χ1n) is 9.23. The van der Waals surface area contributed by atoms with Crippen LogP contribution in [0.2, 0.25) is 0 Å². The maximum absolute atomic E-state index is 14.1. The number of benzene rings is 2. The Labute approximate surface area is 171 Å². The number of nitrogens with one attached hydrogen (secondary N) is 2. The summed E-state index contributed by atoms with van der Waals surface area (Å²) in [6.45, 7) is 2.62. The van der Waals surface area contributed by atoms with Crippen molar-refractivity contribution in [2.24, 2.45) is 0 Å². The molecule has 0 spiro atoms. The molecule has 0 fully saturated rings. The van der Waals surface area contributed by atoms with E-state index in [1.807, 2.05) is 0 Å². The van der Waals surface area contributed by atoms with Gasteiger partial charge in [-0.1, -0.05) is 12.1 Å². The van der Waals surface area contributed by atoms with E-state index in [2.05, 4.69) is 10.6 Å². The second-order valence-corrected chi connectivity index (χ2v) is 7.02. The number of aryl methyl sites for hydroxylation is 1. The van der Waals surface area contributed by atoms with Crippen molar-refractivity contribution < 1.29 is 27.9 Å². The lowest BCUT2D eigenvalue weighted by Gasteiger charge is -2.24. The van der Waals surface area contributed by atoms with Crippen LogP contribution in [0.15, 0.2) is 48.2 Å². The molecule has 8 heteroatoms. The van der Waals surface area contributed by atoms with Gasteiger partial charge in [0.05, 0.1) is 0 Å². The highest BCUT2D eigenvalue weighted by atomic mass is 19.1. The third-order valence-corrected chi connectivity index (χ3v) is 4.62. The van der Waals surface area contributed by atoms with Crippen molar-refractivity contribution in [3.63, 3.8) is 0 Å². The molecule has 2 aromatic carbocycles. The van der Waals surface area contributed by atoms with Gasteiger partial charge in [0.1, 0.15) is 12.4 Å². The number of Topliss-reactive ketones (excluding diaryl/α,β-unsaturated/α-hetero) is 1. The molecule has 0 saturated heterocycles. The standard InChI is InChI=1S/C22H20F2N2O4/c1-12-6-18(24)20(30-11-13(2)27)9-19(12)26-22(29)17-10-25-21(28)8-16(17)14-4-3-5-15(23)7-14/h3-7,9-10,16H,8,11H2,1-2H3,(H,25,28)(H,26,29)/t16-/m0/s1. The van der Waals surface area contributed by atoms with Crippen molar-refractivity contribution in [1.82, 2.24) is 5.32 Å². The van der Waals surface area contributed by atoms with Crippen LogP contribution in [0.25, 0.3) is 0 Å². The van der Waals surface area contributed by atoms with E-state index in [1.54, 1.807) is 13.0 Å². The lowest BCUT2D eigenvalue weighted by molar-refractivity contribution is -0.121. The van der Waals surface area contributed by atoms with Crippen LogP contribution >= 0.6 is 0 Å². The number of hydrogen-bond donors (Lipinski definition) is 2. The minimum absolute atomic E-state index is 0.0158. The van der Waals surface area contributed by atoms with E-state index in [-0.39, 0.29) is 41.7 Å². The number of anilines is 1. The van der Waals surface area contributed by atoms with Crippen LogP contribution in [-0.2, 0) is 14.4 Å². The zero-order chi connectivity index (χ0) is 21.8. The molecule has 1 atom stereocenters. The summed E-state index contributed by atoms with van der Waals surface area (Å²) >= 11 is 0. The van der Waals surface area contributed by atoms with Crippen LogP contribution in [0, 0.1) is 18.6 Å².